The maximum Gasteiger partial charge on any atom is 0.239 e. The lowest BCUT2D eigenvalue weighted by Gasteiger charge is -2.28. The number of rotatable bonds is 2. The number of nitrogens with two attached hydrogens (primary N) is 1. The summed E-state index contributed by atoms with van der Waals surface area (Å²) in [6, 6.07) is 3.57. The highest BCUT2D eigenvalue weighted by atomic mass is 16.5. The molecule has 1 aromatic heterocycles. The Balaban J connectivity index is 2.22. The number of anilines is 2. The van der Waals surface area contributed by atoms with Crippen molar-refractivity contribution in [2.45, 2.75) is 26.4 Å². The van der Waals surface area contributed by atoms with E-state index in [2.05, 4.69) is 10.3 Å². The van der Waals surface area contributed by atoms with E-state index in [9.17, 15) is 4.79 Å². The summed E-state index contributed by atoms with van der Waals surface area (Å²) < 4.78 is 5.73. The predicted octanol–water partition coefficient (Wildman–Crippen LogP) is 0.777. The molecule has 6 nitrogen and oxygen atoms in total. The van der Waals surface area contributed by atoms with Crippen molar-refractivity contribution in [1.82, 2.24) is 10.3 Å². The zero-order valence-electron chi connectivity index (χ0n) is 11.6. The highest BCUT2D eigenvalue weighted by Gasteiger charge is 2.20. The minimum atomic E-state index is -0.362. The van der Waals surface area contributed by atoms with Crippen LogP contribution in [0.4, 0.5) is 11.5 Å². The number of carbonyl (C=O) groups excluding carboxylic acids is 1. The first-order valence-electron chi connectivity index (χ1n) is 6.32. The number of carbonyl (C=O) groups is 1. The number of aromatic nitrogens is 1. The number of hydrogen-bond acceptors (Lipinski definition) is 5. The van der Waals surface area contributed by atoms with Gasteiger partial charge in [-0.25, -0.2) is 0 Å². The zero-order chi connectivity index (χ0) is 14.0. The van der Waals surface area contributed by atoms with Crippen LogP contribution in [0, 0.1) is 0 Å². The highest BCUT2D eigenvalue weighted by molar-refractivity contribution is 5.82. The van der Waals surface area contributed by atoms with E-state index in [0.29, 0.717) is 30.5 Å². The van der Waals surface area contributed by atoms with E-state index in [4.69, 9.17) is 10.5 Å². The third-order valence-electron chi connectivity index (χ3n) is 2.64. The molecule has 0 aromatic carbocycles. The smallest absolute Gasteiger partial charge is 0.239 e. The quantitative estimate of drug-likeness (QED) is 0.825. The Morgan fingerprint density at radius 3 is 2.79 bits per heavy atom. The van der Waals surface area contributed by atoms with E-state index < -0.39 is 0 Å². The second-order valence-electron chi connectivity index (χ2n) is 5.55. The van der Waals surface area contributed by atoms with Gasteiger partial charge in [0, 0.05) is 13.1 Å². The van der Waals surface area contributed by atoms with Crippen molar-refractivity contribution in [3.05, 3.63) is 12.1 Å². The second-order valence-corrected chi connectivity index (χ2v) is 5.55. The van der Waals surface area contributed by atoms with E-state index in [0.717, 1.165) is 6.54 Å². The van der Waals surface area contributed by atoms with Crippen LogP contribution in [0.2, 0.25) is 0 Å². The van der Waals surface area contributed by atoms with Gasteiger partial charge < -0.3 is 20.7 Å². The molecule has 1 fully saturated rings. The molecule has 0 radical (unpaired) electrons. The van der Waals surface area contributed by atoms with Crippen molar-refractivity contribution in [2.24, 2.45) is 0 Å². The lowest BCUT2D eigenvalue weighted by molar-refractivity contribution is -0.120. The summed E-state index contributed by atoms with van der Waals surface area (Å²) in [5, 5.41) is 2.78. The van der Waals surface area contributed by atoms with Crippen molar-refractivity contribution in [3.63, 3.8) is 0 Å². The first-order valence-corrected chi connectivity index (χ1v) is 6.32. The second kappa shape index (κ2) is 4.95. The molecule has 2 heterocycles. The van der Waals surface area contributed by atoms with Gasteiger partial charge in [0.25, 0.3) is 0 Å². The van der Waals surface area contributed by atoms with Crippen LogP contribution in [0.15, 0.2) is 12.1 Å². The number of pyridine rings is 1. The van der Waals surface area contributed by atoms with Gasteiger partial charge in [0.2, 0.25) is 11.8 Å². The molecule has 19 heavy (non-hydrogen) atoms. The molecule has 1 aliphatic rings. The fraction of sp³-hybridized carbons (Fsp3) is 0.538. The summed E-state index contributed by atoms with van der Waals surface area (Å²) in [6.45, 7) is 7.49. The van der Waals surface area contributed by atoms with Crippen LogP contribution in [0.3, 0.4) is 0 Å². The fourth-order valence-corrected chi connectivity index (χ4v) is 1.82. The summed E-state index contributed by atoms with van der Waals surface area (Å²) in [4.78, 5) is 17.7. The third kappa shape index (κ3) is 3.49. The van der Waals surface area contributed by atoms with Gasteiger partial charge in [0.05, 0.1) is 12.2 Å². The van der Waals surface area contributed by atoms with Crippen molar-refractivity contribution in [3.8, 4) is 5.88 Å². The van der Waals surface area contributed by atoms with Crippen LogP contribution >= 0.6 is 0 Å². The van der Waals surface area contributed by atoms with Gasteiger partial charge in [-0.2, -0.15) is 4.98 Å². The van der Waals surface area contributed by atoms with Crippen LogP contribution in [0.5, 0.6) is 5.88 Å². The number of hydrogen-bond donors (Lipinski definition) is 2. The van der Waals surface area contributed by atoms with E-state index in [1.54, 1.807) is 6.07 Å². The SMILES string of the molecule is CC(C)(C)Oc1nc(N2CCNC(=O)C2)ccc1N. The van der Waals surface area contributed by atoms with Crippen molar-refractivity contribution < 1.29 is 9.53 Å². The average molecular weight is 264 g/mol. The molecule has 0 spiro atoms. The Morgan fingerprint density at radius 1 is 1.42 bits per heavy atom. The average Bonchev–Trinajstić information content (AvgIpc) is 2.30. The maximum absolute atomic E-state index is 11.4. The Labute approximate surface area is 112 Å². The van der Waals surface area contributed by atoms with Crippen molar-refractivity contribution in [1.29, 1.82) is 0 Å². The molecular formula is C13H20N4O2. The summed E-state index contributed by atoms with van der Waals surface area (Å²) in [6.07, 6.45) is 0. The first kappa shape index (κ1) is 13.5. The van der Waals surface area contributed by atoms with Crippen LogP contribution in [0.1, 0.15) is 20.8 Å². The molecule has 1 aromatic rings. The summed E-state index contributed by atoms with van der Waals surface area (Å²) in [5.41, 5.74) is 6.01. The monoisotopic (exact) mass is 264 g/mol. The van der Waals surface area contributed by atoms with E-state index in [1.165, 1.54) is 0 Å². The Hall–Kier alpha value is -1.98. The van der Waals surface area contributed by atoms with Crippen molar-refractivity contribution >= 4 is 17.4 Å². The van der Waals surface area contributed by atoms with Gasteiger partial charge in [-0.05, 0) is 32.9 Å². The Kier molecular flexibility index (Phi) is 3.50. The van der Waals surface area contributed by atoms with Crippen LogP contribution in [-0.2, 0) is 4.79 Å². The zero-order valence-corrected chi connectivity index (χ0v) is 11.6. The largest absolute Gasteiger partial charge is 0.470 e. The predicted molar refractivity (Wildman–Crippen MR) is 74.3 cm³/mol. The first-order chi connectivity index (χ1) is 8.85. The highest BCUT2D eigenvalue weighted by Crippen LogP contribution is 2.26. The van der Waals surface area contributed by atoms with Crippen LogP contribution in [-0.4, -0.2) is 36.1 Å². The third-order valence-corrected chi connectivity index (χ3v) is 2.64. The van der Waals surface area contributed by atoms with Gasteiger partial charge in [-0.3, -0.25) is 4.79 Å². The van der Waals surface area contributed by atoms with Gasteiger partial charge in [0.15, 0.2) is 0 Å². The summed E-state index contributed by atoms with van der Waals surface area (Å²) in [5.74, 6) is 1.13. The number of nitrogens with zero attached hydrogens (tertiary/aromatic N) is 2. The minimum absolute atomic E-state index is 0.00293. The Bertz CT molecular complexity index is 482. The van der Waals surface area contributed by atoms with E-state index in [-0.39, 0.29) is 11.5 Å². The molecule has 0 bridgehead atoms. The molecule has 0 aliphatic carbocycles. The molecule has 104 valence electrons. The molecule has 0 saturated carbocycles. The molecule has 0 unspecified atom stereocenters. The summed E-state index contributed by atoms with van der Waals surface area (Å²) in [7, 11) is 0. The number of nitrogens with one attached hydrogen (secondary N) is 1. The molecule has 1 saturated heterocycles. The molecule has 3 N–H and O–H groups in total. The maximum atomic E-state index is 11.4. The molecular weight excluding hydrogens is 244 g/mol. The molecule has 1 amide bonds. The summed E-state index contributed by atoms with van der Waals surface area (Å²) >= 11 is 0. The molecule has 6 heteroatoms. The van der Waals surface area contributed by atoms with E-state index >= 15 is 0 Å². The van der Waals surface area contributed by atoms with Gasteiger partial charge in [0.1, 0.15) is 11.4 Å². The standard InChI is InChI=1S/C13H20N4O2/c1-13(2,3)19-12-9(14)4-5-10(16-12)17-7-6-15-11(18)8-17/h4-5H,6-8,14H2,1-3H3,(H,15,18). The van der Waals surface area contributed by atoms with Crippen LogP contribution in [0.25, 0.3) is 0 Å². The molecule has 2 rings (SSSR count). The number of ether oxygens (including phenoxy) is 1. The molecule has 0 atom stereocenters. The lowest BCUT2D eigenvalue weighted by atomic mass is 10.2. The van der Waals surface area contributed by atoms with E-state index in [1.807, 2.05) is 31.7 Å². The van der Waals surface area contributed by atoms with Gasteiger partial charge in [-0.1, -0.05) is 0 Å². The van der Waals surface area contributed by atoms with Gasteiger partial charge >= 0.3 is 0 Å². The molecule has 1 aliphatic heterocycles. The number of amides is 1. The normalized spacial score (nSPS) is 16.2. The number of nitrogen functional groups attached to an aromatic ring is 1. The minimum Gasteiger partial charge on any atom is -0.470 e. The number of piperazine rings is 1. The fourth-order valence-electron chi connectivity index (χ4n) is 1.82. The van der Waals surface area contributed by atoms with Gasteiger partial charge in [-0.15, -0.1) is 0 Å². The topological polar surface area (TPSA) is 80.5 Å². The Morgan fingerprint density at radius 2 is 2.16 bits per heavy atom. The van der Waals surface area contributed by atoms with Crippen molar-refractivity contribution in [2.75, 3.05) is 30.3 Å². The lowest BCUT2D eigenvalue weighted by Crippen LogP contribution is -2.48. The van der Waals surface area contributed by atoms with Crippen LogP contribution < -0.4 is 20.7 Å².